The molecule has 0 atom stereocenters. The number of aryl methyl sites for hydroxylation is 2. The summed E-state index contributed by atoms with van der Waals surface area (Å²) < 4.78 is 0. The van der Waals surface area contributed by atoms with Gasteiger partial charge >= 0.3 is 0 Å². The van der Waals surface area contributed by atoms with E-state index in [9.17, 15) is 4.79 Å². The van der Waals surface area contributed by atoms with Crippen LogP contribution in [0.2, 0.25) is 0 Å². The van der Waals surface area contributed by atoms with E-state index in [4.69, 9.17) is 0 Å². The number of hydrogen-bond donors (Lipinski definition) is 0. The number of Topliss-reactive ketones (excluding diaryl/α,β-unsaturated/α-hetero) is 1. The van der Waals surface area contributed by atoms with Crippen LogP contribution in [0.15, 0.2) is 12.1 Å². The van der Waals surface area contributed by atoms with Gasteiger partial charge in [0.1, 0.15) is 0 Å². The molecule has 1 aromatic carbocycles. The highest BCUT2D eigenvalue weighted by Gasteiger charge is 2.08. The van der Waals surface area contributed by atoms with Crippen LogP contribution in [-0.2, 0) is 0 Å². The second-order valence-corrected chi connectivity index (χ2v) is 3.26. The molecule has 0 aliphatic heterocycles. The highest BCUT2D eigenvalue weighted by Crippen LogP contribution is 2.17. The van der Waals surface area contributed by atoms with Gasteiger partial charge in [0, 0.05) is 5.56 Å². The monoisotopic (exact) mass is 222 g/mol. The third-order valence-corrected chi connectivity index (χ3v) is 2.30. The number of benzene rings is 1. The summed E-state index contributed by atoms with van der Waals surface area (Å²) in [4.78, 5) is 11.2. The summed E-state index contributed by atoms with van der Waals surface area (Å²) in [5.41, 5.74) is 4.26. The molecule has 1 aromatic rings. The first kappa shape index (κ1) is 17.3. The Kier molecular flexibility index (Phi) is 9.88. The Bertz CT molecular complexity index is 324. The quantitative estimate of drug-likeness (QED) is 0.620. The first-order valence-electron chi connectivity index (χ1n) is 6.11. The summed E-state index contributed by atoms with van der Waals surface area (Å²) in [5.74, 6) is 0.161. The summed E-state index contributed by atoms with van der Waals surface area (Å²) in [6.45, 7) is 15.6. The lowest BCUT2D eigenvalue weighted by Crippen LogP contribution is -2.01. The lowest BCUT2D eigenvalue weighted by molar-refractivity contribution is 0.101. The van der Waals surface area contributed by atoms with Crippen LogP contribution in [0.1, 0.15) is 61.7 Å². The first-order valence-corrected chi connectivity index (χ1v) is 6.11. The average molecular weight is 222 g/mol. The highest BCUT2D eigenvalue weighted by atomic mass is 16.1. The van der Waals surface area contributed by atoms with Crippen molar-refractivity contribution in [3.05, 3.63) is 34.4 Å². The van der Waals surface area contributed by atoms with Crippen molar-refractivity contribution in [2.24, 2.45) is 0 Å². The number of carbonyl (C=O) groups excluding carboxylic acids is 1. The smallest absolute Gasteiger partial charge is 0.160 e. The predicted molar refractivity (Wildman–Crippen MR) is 73.4 cm³/mol. The van der Waals surface area contributed by atoms with Crippen LogP contribution in [0.5, 0.6) is 0 Å². The molecule has 0 N–H and O–H groups in total. The Hall–Kier alpha value is -1.11. The minimum Gasteiger partial charge on any atom is -0.294 e. The molecule has 0 saturated heterocycles. The molecule has 0 aromatic heterocycles. The maximum atomic E-state index is 11.2. The van der Waals surface area contributed by atoms with Crippen LogP contribution in [0.4, 0.5) is 0 Å². The van der Waals surface area contributed by atoms with Gasteiger partial charge in [-0.1, -0.05) is 39.8 Å². The van der Waals surface area contributed by atoms with Crippen LogP contribution in [0.3, 0.4) is 0 Å². The summed E-state index contributed by atoms with van der Waals surface area (Å²) in [5, 5.41) is 0. The van der Waals surface area contributed by atoms with Gasteiger partial charge in [0.25, 0.3) is 0 Å². The molecule has 1 nitrogen and oxygen atoms in total. The summed E-state index contributed by atoms with van der Waals surface area (Å²) in [6.07, 6.45) is 0. The van der Waals surface area contributed by atoms with Crippen LogP contribution in [0.25, 0.3) is 0 Å². The van der Waals surface area contributed by atoms with Crippen molar-refractivity contribution in [2.45, 2.75) is 55.4 Å². The number of hydrogen-bond acceptors (Lipinski definition) is 1. The predicted octanol–water partition coefficient (Wildman–Crippen LogP) is 4.87. The van der Waals surface area contributed by atoms with Crippen LogP contribution >= 0.6 is 0 Å². The SMILES string of the molecule is CC.CC.CC(=O)c1c(C)ccc(C)c1C. The van der Waals surface area contributed by atoms with Gasteiger partial charge in [0.15, 0.2) is 5.78 Å². The lowest BCUT2D eigenvalue weighted by Gasteiger charge is -2.08. The van der Waals surface area contributed by atoms with E-state index in [2.05, 4.69) is 6.07 Å². The Balaban J connectivity index is 0. The van der Waals surface area contributed by atoms with Crippen molar-refractivity contribution in [3.8, 4) is 0 Å². The fourth-order valence-corrected chi connectivity index (χ4v) is 1.49. The summed E-state index contributed by atoms with van der Waals surface area (Å²) in [6, 6.07) is 4.05. The molecule has 0 radical (unpaired) electrons. The standard InChI is InChI=1S/C11H14O.2C2H6/c1-7-5-6-8(2)11(9(7)3)10(4)12;2*1-2/h5-6H,1-4H3;2*1-2H3. The summed E-state index contributed by atoms with van der Waals surface area (Å²) in [7, 11) is 0. The number of carbonyl (C=O) groups is 1. The molecule has 16 heavy (non-hydrogen) atoms. The molecule has 0 fully saturated rings. The molecule has 0 unspecified atom stereocenters. The van der Waals surface area contributed by atoms with Gasteiger partial charge in [-0.25, -0.2) is 0 Å². The van der Waals surface area contributed by atoms with E-state index >= 15 is 0 Å². The van der Waals surface area contributed by atoms with Crippen molar-refractivity contribution in [1.82, 2.24) is 0 Å². The van der Waals surface area contributed by atoms with E-state index < -0.39 is 0 Å². The second kappa shape index (κ2) is 9.14. The Morgan fingerprint density at radius 2 is 1.25 bits per heavy atom. The van der Waals surface area contributed by atoms with Gasteiger partial charge in [-0.2, -0.15) is 0 Å². The van der Waals surface area contributed by atoms with Gasteiger partial charge in [-0.15, -0.1) is 0 Å². The van der Waals surface area contributed by atoms with E-state index in [1.165, 1.54) is 5.56 Å². The number of rotatable bonds is 1. The maximum Gasteiger partial charge on any atom is 0.160 e. The van der Waals surface area contributed by atoms with E-state index in [-0.39, 0.29) is 5.78 Å². The van der Waals surface area contributed by atoms with Crippen molar-refractivity contribution >= 4 is 5.78 Å². The molecule has 1 rings (SSSR count). The molecule has 92 valence electrons. The lowest BCUT2D eigenvalue weighted by atomic mass is 9.96. The maximum absolute atomic E-state index is 11.2. The van der Waals surface area contributed by atoms with Gasteiger partial charge < -0.3 is 0 Å². The van der Waals surface area contributed by atoms with Crippen LogP contribution in [0, 0.1) is 20.8 Å². The zero-order chi connectivity index (χ0) is 13.3. The first-order chi connectivity index (χ1) is 7.54. The molecule has 0 saturated carbocycles. The topological polar surface area (TPSA) is 17.1 Å². The Morgan fingerprint density at radius 1 is 0.875 bits per heavy atom. The Labute approximate surface area is 101 Å². The minimum atomic E-state index is 0.161. The molecule has 0 heterocycles. The van der Waals surface area contributed by atoms with Gasteiger partial charge in [-0.3, -0.25) is 4.79 Å². The third-order valence-electron chi connectivity index (χ3n) is 2.30. The number of ketones is 1. The molecular formula is C15H26O. The minimum absolute atomic E-state index is 0.161. The van der Waals surface area contributed by atoms with E-state index in [1.54, 1.807) is 6.92 Å². The zero-order valence-corrected chi connectivity index (χ0v) is 12.1. The molecule has 0 amide bonds. The zero-order valence-electron chi connectivity index (χ0n) is 12.1. The molecule has 1 heteroatoms. The van der Waals surface area contributed by atoms with Crippen molar-refractivity contribution in [2.75, 3.05) is 0 Å². The van der Waals surface area contributed by atoms with E-state index in [0.29, 0.717) is 0 Å². The highest BCUT2D eigenvalue weighted by molar-refractivity contribution is 5.97. The fourth-order valence-electron chi connectivity index (χ4n) is 1.49. The largest absolute Gasteiger partial charge is 0.294 e. The summed E-state index contributed by atoms with van der Waals surface area (Å²) >= 11 is 0. The van der Waals surface area contributed by atoms with Crippen LogP contribution < -0.4 is 0 Å². The normalized spacial score (nSPS) is 8.25. The van der Waals surface area contributed by atoms with Crippen molar-refractivity contribution < 1.29 is 4.79 Å². The van der Waals surface area contributed by atoms with E-state index in [0.717, 1.165) is 16.7 Å². The van der Waals surface area contributed by atoms with Crippen molar-refractivity contribution in [3.63, 3.8) is 0 Å². The van der Waals surface area contributed by atoms with E-state index in [1.807, 2.05) is 54.5 Å². The van der Waals surface area contributed by atoms with Crippen LogP contribution in [-0.4, -0.2) is 5.78 Å². The second-order valence-electron chi connectivity index (χ2n) is 3.26. The molecule has 0 aliphatic carbocycles. The molecule has 0 spiro atoms. The molecule has 0 aliphatic rings. The Morgan fingerprint density at radius 3 is 1.56 bits per heavy atom. The molecule has 0 bridgehead atoms. The third kappa shape index (κ3) is 4.61. The van der Waals surface area contributed by atoms with Crippen molar-refractivity contribution in [1.29, 1.82) is 0 Å². The van der Waals surface area contributed by atoms with Gasteiger partial charge in [0.2, 0.25) is 0 Å². The average Bonchev–Trinajstić information content (AvgIpc) is 2.29. The van der Waals surface area contributed by atoms with Gasteiger partial charge in [0.05, 0.1) is 0 Å². The fraction of sp³-hybridized carbons (Fsp3) is 0.533. The van der Waals surface area contributed by atoms with Gasteiger partial charge in [-0.05, 0) is 44.4 Å². The molecular weight excluding hydrogens is 196 g/mol.